The topological polar surface area (TPSA) is 104 Å². The summed E-state index contributed by atoms with van der Waals surface area (Å²) in [5, 5.41) is 11.8. The lowest BCUT2D eigenvalue weighted by Gasteiger charge is -2.27. The Morgan fingerprint density at radius 1 is 1.38 bits per heavy atom. The Hall–Kier alpha value is -1.15. The molecule has 7 nitrogen and oxygen atoms in total. The quantitative estimate of drug-likeness (QED) is 0.645. The molecule has 1 heterocycles. The van der Waals surface area contributed by atoms with Gasteiger partial charge in [0, 0.05) is 12.6 Å². The van der Waals surface area contributed by atoms with Crippen LogP contribution in [0.1, 0.15) is 33.1 Å². The summed E-state index contributed by atoms with van der Waals surface area (Å²) in [4.78, 5) is 24.7. The van der Waals surface area contributed by atoms with Gasteiger partial charge < -0.3 is 10.0 Å². The molecule has 0 bridgehead atoms. The molecule has 8 heteroatoms. The fourth-order valence-electron chi connectivity index (χ4n) is 2.57. The highest BCUT2D eigenvalue weighted by Gasteiger charge is 2.34. The van der Waals surface area contributed by atoms with Crippen molar-refractivity contribution in [2.24, 2.45) is 0 Å². The highest BCUT2D eigenvalue weighted by molar-refractivity contribution is 7.91. The maximum Gasteiger partial charge on any atom is 0.320 e. The summed E-state index contributed by atoms with van der Waals surface area (Å²) in [5.41, 5.74) is 0. The predicted octanol–water partition coefficient (Wildman–Crippen LogP) is -0.135. The number of hydrogen-bond acceptors (Lipinski definition) is 5. The number of carbonyl (C=O) groups excluding carboxylic acids is 1. The van der Waals surface area contributed by atoms with Gasteiger partial charge in [-0.2, -0.15) is 0 Å². The molecule has 1 fully saturated rings. The minimum atomic E-state index is -3.05. The zero-order valence-corrected chi connectivity index (χ0v) is 13.4. The SMILES string of the molecule is CCCC(NCC(=O)N(CC)C1CCS(=O)(=O)C1)C(=O)O. The molecule has 0 aromatic rings. The molecular weight excluding hydrogens is 296 g/mol. The van der Waals surface area contributed by atoms with Crippen LogP contribution in [-0.2, 0) is 19.4 Å². The van der Waals surface area contributed by atoms with E-state index in [1.54, 1.807) is 6.92 Å². The smallest absolute Gasteiger partial charge is 0.320 e. The normalized spacial score (nSPS) is 21.9. The number of rotatable bonds is 8. The minimum absolute atomic E-state index is 0.00387. The summed E-state index contributed by atoms with van der Waals surface area (Å²) in [6.45, 7) is 4.01. The zero-order valence-electron chi connectivity index (χ0n) is 12.5. The molecule has 0 saturated carbocycles. The van der Waals surface area contributed by atoms with Crippen molar-refractivity contribution in [2.75, 3.05) is 24.6 Å². The highest BCUT2D eigenvalue weighted by Crippen LogP contribution is 2.17. The van der Waals surface area contributed by atoms with E-state index < -0.39 is 21.8 Å². The van der Waals surface area contributed by atoms with Crippen molar-refractivity contribution in [3.05, 3.63) is 0 Å². The van der Waals surface area contributed by atoms with Gasteiger partial charge in [0.05, 0.1) is 18.1 Å². The number of amides is 1. The molecule has 2 N–H and O–H groups in total. The molecule has 122 valence electrons. The van der Waals surface area contributed by atoms with Gasteiger partial charge >= 0.3 is 5.97 Å². The number of carbonyl (C=O) groups is 2. The molecule has 0 spiro atoms. The lowest BCUT2D eigenvalue weighted by atomic mass is 10.1. The maximum absolute atomic E-state index is 12.2. The van der Waals surface area contributed by atoms with Crippen molar-refractivity contribution < 1.29 is 23.1 Å². The lowest BCUT2D eigenvalue weighted by Crippen LogP contribution is -2.48. The first-order valence-corrected chi connectivity index (χ1v) is 9.09. The van der Waals surface area contributed by atoms with Crippen LogP contribution in [0.2, 0.25) is 0 Å². The van der Waals surface area contributed by atoms with Crippen LogP contribution in [0.5, 0.6) is 0 Å². The molecule has 21 heavy (non-hydrogen) atoms. The molecule has 0 aliphatic carbocycles. The molecule has 2 atom stereocenters. The van der Waals surface area contributed by atoms with Gasteiger partial charge in [0.25, 0.3) is 0 Å². The second-order valence-corrected chi connectivity index (χ2v) is 7.53. The summed E-state index contributed by atoms with van der Waals surface area (Å²) in [5.74, 6) is -1.11. The van der Waals surface area contributed by atoms with E-state index in [1.807, 2.05) is 6.92 Å². The van der Waals surface area contributed by atoms with Crippen LogP contribution in [0.15, 0.2) is 0 Å². The Morgan fingerprint density at radius 2 is 2.05 bits per heavy atom. The first-order valence-electron chi connectivity index (χ1n) is 7.26. The largest absolute Gasteiger partial charge is 0.480 e. The van der Waals surface area contributed by atoms with E-state index in [-0.39, 0.29) is 30.0 Å². The van der Waals surface area contributed by atoms with Gasteiger partial charge in [-0.15, -0.1) is 0 Å². The average Bonchev–Trinajstić information content (AvgIpc) is 2.75. The second-order valence-electron chi connectivity index (χ2n) is 5.30. The predicted molar refractivity (Wildman–Crippen MR) is 78.8 cm³/mol. The van der Waals surface area contributed by atoms with Crippen molar-refractivity contribution in [2.45, 2.75) is 45.2 Å². The van der Waals surface area contributed by atoms with E-state index in [9.17, 15) is 18.0 Å². The van der Waals surface area contributed by atoms with E-state index >= 15 is 0 Å². The molecular formula is C13H24N2O5S. The minimum Gasteiger partial charge on any atom is -0.480 e. The molecule has 0 aromatic carbocycles. The number of hydrogen-bond donors (Lipinski definition) is 2. The van der Waals surface area contributed by atoms with Gasteiger partial charge in [-0.1, -0.05) is 13.3 Å². The first-order chi connectivity index (χ1) is 9.80. The average molecular weight is 320 g/mol. The molecule has 1 amide bonds. The number of carboxylic acids is 1. The number of nitrogens with zero attached hydrogens (tertiary/aromatic N) is 1. The number of likely N-dealkylation sites (N-methyl/N-ethyl adjacent to an activating group) is 1. The van der Waals surface area contributed by atoms with E-state index in [0.29, 0.717) is 25.8 Å². The van der Waals surface area contributed by atoms with Crippen LogP contribution in [0.25, 0.3) is 0 Å². The Balaban J connectivity index is 2.57. The summed E-state index contributed by atoms with van der Waals surface area (Å²) in [6, 6.07) is -1.03. The van der Waals surface area contributed by atoms with Crippen LogP contribution >= 0.6 is 0 Å². The highest BCUT2D eigenvalue weighted by atomic mass is 32.2. The van der Waals surface area contributed by atoms with Crippen molar-refractivity contribution in [1.82, 2.24) is 10.2 Å². The van der Waals surface area contributed by atoms with E-state index in [4.69, 9.17) is 5.11 Å². The van der Waals surface area contributed by atoms with Gasteiger partial charge in [0.2, 0.25) is 5.91 Å². The first kappa shape index (κ1) is 17.9. The molecule has 0 radical (unpaired) electrons. The van der Waals surface area contributed by atoms with Crippen LogP contribution in [0, 0.1) is 0 Å². The molecule has 0 aromatic heterocycles. The van der Waals surface area contributed by atoms with Gasteiger partial charge in [0.15, 0.2) is 9.84 Å². The third-order valence-corrected chi connectivity index (χ3v) is 5.44. The Kier molecular flexibility index (Phi) is 6.60. The van der Waals surface area contributed by atoms with Crippen LogP contribution < -0.4 is 5.32 Å². The van der Waals surface area contributed by atoms with Crippen LogP contribution in [0.3, 0.4) is 0 Å². The molecule has 1 aliphatic rings. The maximum atomic E-state index is 12.2. The fraction of sp³-hybridized carbons (Fsp3) is 0.846. The number of aliphatic carboxylic acids is 1. The summed E-state index contributed by atoms with van der Waals surface area (Å²) >= 11 is 0. The zero-order chi connectivity index (χ0) is 16.0. The number of sulfone groups is 1. The van der Waals surface area contributed by atoms with Gasteiger partial charge in [-0.25, -0.2) is 8.42 Å². The van der Waals surface area contributed by atoms with Crippen LogP contribution in [-0.4, -0.2) is 67.0 Å². The Labute approximate surface area is 125 Å². The van der Waals surface area contributed by atoms with Crippen molar-refractivity contribution >= 4 is 21.7 Å². The molecule has 1 saturated heterocycles. The van der Waals surface area contributed by atoms with Gasteiger partial charge in [0.1, 0.15) is 6.04 Å². The van der Waals surface area contributed by atoms with Crippen molar-refractivity contribution in [3.8, 4) is 0 Å². The standard InChI is InChI=1S/C13H24N2O5S/c1-3-5-11(13(17)18)14-8-12(16)15(4-2)10-6-7-21(19,20)9-10/h10-11,14H,3-9H2,1-2H3,(H,17,18). The second kappa shape index (κ2) is 7.74. The van der Waals surface area contributed by atoms with E-state index in [2.05, 4.69) is 5.32 Å². The van der Waals surface area contributed by atoms with Crippen LogP contribution in [0.4, 0.5) is 0 Å². The Bertz CT molecular complexity index is 477. The molecule has 1 aliphatic heterocycles. The summed E-state index contributed by atoms with van der Waals surface area (Å²) in [7, 11) is -3.05. The molecule has 1 rings (SSSR count). The van der Waals surface area contributed by atoms with Gasteiger partial charge in [-0.3, -0.25) is 14.9 Å². The number of carboxylic acid groups (broad SMARTS) is 1. The summed E-state index contributed by atoms with van der Waals surface area (Å²) < 4.78 is 23.0. The van der Waals surface area contributed by atoms with Gasteiger partial charge in [-0.05, 0) is 19.8 Å². The van der Waals surface area contributed by atoms with E-state index in [1.165, 1.54) is 4.90 Å². The van der Waals surface area contributed by atoms with Crippen molar-refractivity contribution in [1.29, 1.82) is 0 Å². The van der Waals surface area contributed by atoms with Crippen molar-refractivity contribution in [3.63, 3.8) is 0 Å². The number of nitrogens with one attached hydrogen (secondary N) is 1. The third kappa shape index (κ3) is 5.28. The fourth-order valence-corrected chi connectivity index (χ4v) is 4.30. The molecule has 2 unspecified atom stereocenters. The monoisotopic (exact) mass is 320 g/mol. The van der Waals surface area contributed by atoms with E-state index in [0.717, 1.165) is 0 Å². The third-order valence-electron chi connectivity index (χ3n) is 3.69. The summed E-state index contributed by atoms with van der Waals surface area (Å²) in [6.07, 6.45) is 1.61. The lowest BCUT2D eigenvalue weighted by molar-refractivity contribution is -0.140. The Morgan fingerprint density at radius 3 is 2.48 bits per heavy atom.